The van der Waals surface area contributed by atoms with Crippen LogP contribution in [0.2, 0.25) is 0 Å². The quantitative estimate of drug-likeness (QED) is 0.466. The molecule has 28 heavy (non-hydrogen) atoms. The van der Waals surface area contributed by atoms with Gasteiger partial charge in [-0.15, -0.1) is 0 Å². The fraction of sp³-hybridized carbons (Fsp3) is 0.810. The highest BCUT2D eigenvalue weighted by Crippen LogP contribution is 2.20. The van der Waals surface area contributed by atoms with Gasteiger partial charge in [0.15, 0.2) is 5.96 Å². The first-order valence-electron chi connectivity index (χ1n) is 10.8. The van der Waals surface area contributed by atoms with Crippen LogP contribution in [0.3, 0.4) is 0 Å². The van der Waals surface area contributed by atoms with E-state index < -0.39 is 5.60 Å². The predicted octanol–water partition coefficient (Wildman–Crippen LogP) is 2.08. The van der Waals surface area contributed by atoms with Gasteiger partial charge in [0.1, 0.15) is 5.60 Å². The van der Waals surface area contributed by atoms with Crippen LogP contribution in [0.4, 0.5) is 0 Å². The lowest BCUT2D eigenvalue weighted by atomic mass is 10.0. The van der Waals surface area contributed by atoms with Gasteiger partial charge in [0.25, 0.3) is 0 Å². The number of aliphatic imine (C=N–C) groups is 1. The summed E-state index contributed by atoms with van der Waals surface area (Å²) in [5, 5.41) is 21.8. The van der Waals surface area contributed by atoms with Gasteiger partial charge in [-0.25, -0.2) is 4.99 Å². The van der Waals surface area contributed by atoms with Crippen molar-refractivity contribution in [3.05, 3.63) is 18.0 Å². The lowest BCUT2D eigenvalue weighted by molar-refractivity contribution is 0.0671. The van der Waals surface area contributed by atoms with Gasteiger partial charge < -0.3 is 15.7 Å². The SMILES string of the molecule is CCNC(=NCC(C)(O)c1cnn(C)c1)NCC(C(C)C)N1CCCCCC1. The van der Waals surface area contributed by atoms with Crippen LogP contribution < -0.4 is 10.6 Å². The van der Waals surface area contributed by atoms with Crippen molar-refractivity contribution in [3.8, 4) is 0 Å². The molecule has 1 fully saturated rings. The summed E-state index contributed by atoms with van der Waals surface area (Å²) in [5.74, 6) is 1.33. The van der Waals surface area contributed by atoms with Gasteiger partial charge >= 0.3 is 0 Å². The van der Waals surface area contributed by atoms with Crippen molar-refractivity contribution in [3.63, 3.8) is 0 Å². The molecule has 0 radical (unpaired) electrons. The van der Waals surface area contributed by atoms with Crippen LogP contribution in [0.25, 0.3) is 0 Å². The summed E-state index contributed by atoms with van der Waals surface area (Å²) in [6, 6.07) is 0.487. The number of guanidine groups is 1. The summed E-state index contributed by atoms with van der Waals surface area (Å²) in [4.78, 5) is 7.29. The zero-order valence-electron chi connectivity index (χ0n) is 18.4. The highest BCUT2D eigenvalue weighted by Gasteiger charge is 2.25. The number of aryl methyl sites for hydroxylation is 1. The molecule has 0 aromatic carbocycles. The third kappa shape index (κ3) is 6.78. The van der Waals surface area contributed by atoms with Gasteiger partial charge in [0.05, 0.1) is 12.7 Å². The summed E-state index contributed by atoms with van der Waals surface area (Å²) in [5.41, 5.74) is -0.266. The van der Waals surface area contributed by atoms with Gasteiger partial charge in [-0.1, -0.05) is 26.7 Å². The van der Waals surface area contributed by atoms with E-state index in [1.54, 1.807) is 17.8 Å². The van der Waals surface area contributed by atoms with Crippen LogP contribution in [0.1, 0.15) is 58.9 Å². The highest BCUT2D eigenvalue weighted by atomic mass is 16.3. The summed E-state index contributed by atoms with van der Waals surface area (Å²) in [6.45, 7) is 12.8. The van der Waals surface area contributed by atoms with Crippen LogP contribution in [0.5, 0.6) is 0 Å². The maximum Gasteiger partial charge on any atom is 0.191 e. The lowest BCUT2D eigenvalue weighted by Crippen LogP contribution is -2.50. The molecule has 7 nitrogen and oxygen atoms in total. The minimum atomic E-state index is -1.04. The molecule has 1 aromatic rings. The average molecular weight is 393 g/mol. The Morgan fingerprint density at radius 3 is 2.46 bits per heavy atom. The molecule has 3 N–H and O–H groups in total. The molecule has 1 aromatic heterocycles. The fourth-order valence-corrected chi connectivity index (χ4v) is 3.78. The molecule has 2 unspecified atom stereocenters. The molecule has 0 amide bonds. The Labute approximate surface area is 170 Å². The van der Waals surface area contributed by atoms with Crippen LogP contribution in [-0.2, 0) is 12.6 Å². The van der Waals surface area contributed by atoms with Gasteiger partial charge in [-0.3, -0.25) is 9.58 Å². The lowest BCUT2D eigenvalue weighted by Gasteiger charge is -2.34. The zero-order valence-corrected chi connectivity index (χ0v) is 18.4. The van der Waals surface area contributed by atoms with Crippen LogP contribution in [-0.4, -0.2) is 64.5 Å². The maximum absolute atomic E-state index is 10.8. The topological polar surface area (TPSA) is 77.7 Å². The van der Waals surface area contributed by atoms with E-state index in [0.29, 0.717) is 12.0 Å². The Bertz CT molecular complexity index is 602. The third-order valence-electron chi connectivity index (χ3n) is 5.57. The van der Waals surface area contributed by atoms with Crippen molar-refractivity contribution >= 4 is 5.96 Å². The van der Waals surface area contributed by atoms with E-state index in [1.165, 1.54) is 38.8 Å². The van der Waals surface area contributed by atoms with Crippen molar-refractivity contribution in [1.82, 2.24) is 25.3 Å². The zero-order chi connectivity index (χ0) is 20.6. The molecule has 2 rings (SSSR count). The molecule has 2 heterocycles. The molecule has 2 atom stereocenters. The number of nitrogens with one attached hydrogen (secondary N) is 2. The number of hydrogen-bond donors (Lipinski definition) is 3. The largest absolute Gasteiger partial charge is 0.383 e. The first-order chi connectivity index (χ1) is 13.3. The smallest absolute Gasteiger partial charge is 0.191 e. The number of aromatic nitrogens is 2. The fourth-order valence-electron chi connectivity index (χ4n) is 3.78. The van der Waals surface area contributed by atoms with Gasteiger partial charge in [0, 0.05) is 37.9 Å². The molecule has 7 heteroatoms. The minimum absolute atomic E-state index is 0.282. The van der Waals surface area contributed by atoms with Crippen LogP contribution in [0, 0.1) is 5.92 Å². The van der Waals surface area contributed by atoms with Crippen molar-refractivity contribution < 1.29 is 5.11 Å². The summed E-state index contributed by atoms with van der Waals surface area (Å²) >= 11 is 0. The maximum atomic E-state index is 10.8. The van der Waals surface area contributed by atoms with E-state index in [-0.39, 0.29) is 6.54 Å². The normalized spacial score (nSPS) is 19.9. The second-order valence-corrected chi connectivity index (χ2v) is 8.51. The number of rotatable bonds is 8. The van der Waals surface area contributed by atoms with E-state index in [9.17, 15) is 5.11 Å². The highest BCUT2D eigenvalue weighted by molar-refractivity contribution is 5.79. The Hall–Kier alpha value is -1.60. The first kappa shape index (κ1) is 22.7. The molecule has 1 aliphatic rings. The van der Waals surface area contributed by atoms with Crippen LogP contribution in [0.15, 0.2) is 17.4 Å². The monoisotopic (exact) mass is 392 g/mol. The van der Waals surface area contributed by atoms with Gasteiger partial charge in [-0.05, 0) is 45.7 Å². The summed E-state index contributed by atoms with van der Waals surface area (Å²) < 4.78 is 1.70. The molecule has 160 valence electrons. The third-order valence-corrected chi connectivity index (χ3v) is 5.57. The van der Waals surface area contributed by atoms with E-state index >= 15 is 0 Å². The Balaban J connectivity index is 2.00. The number of aliphatic hydroxyl groups is 1. The molecule has 0 spiro atoms. The first-order valence-corrected chi connectivity index (χ1v) is 10.8. The minimum Gasteiger partial charge on any atom is -0.383 e. The Kier molecular flexibility index (Phi) is 8.76. The van der Waals surface area contributed by atoms with E-state index in [0.717, 1.165) is 24.6 Å². The second kappa shape index (κ2) is 10.8. The van der Waals surface area contributed by atoms with Crippen molar-refractivity contribution in [1.29, 1.82) is 0 Å². The standard InChI is InChI=1S/C21H40N6O/c1-6-22-20(24-16-21(4,28)18-13-25-26(5)15-18)23-14-19(17(2)3)27-11-9-7-8-10-12-27/h13,15,17,19,28H,6-12,14,16H2,1-5H3,(H2,22,23,24). The van der Waals surface area contributed by atoms with Crippen LogP contribution >= 0.6 is 0 Å². The Morgan fingerprint density at radius 2 is 1.93 bits per heavy atom. The second-order valence-electron chi connectivity index (χ2n) is 8.51. The number of hydrogen-bond acceptors (Lipinski definition) is 4. The van der Waals surface area contributed by atoms with Crippen molar-refractivity contribution in [2.75, 3.05) is 32.7 Å². The van der Waals surface area contributed by atoms with E-state index in [2.05, 4.69) is 46.4 Å². The Morgan fingerprint density at radius 1 is 1.25 bits per heavy atom. The van der Waals surface area contributed by atoms with E-state index in [4.69, 9.17) is 0 Å². The van der Waals surface area contributed by atoms with Crippen molar-refractivity contribution in [2.24, 2.45) is 18.0 Å². The number of likely N-dealkylation sites (tertiary alicyclic amines) is 1. The molecular formula is C21H40N6O. The molecule has 1 saturated heterocycles. The van der Waals surface area contributed by atoms with Gasteiger partial charge in [-0.2, -0.15) is 5.10 Å². The molecular weight excluding hydrogens is 352 g/mol. The molecule has 1 aliphatic heterocycles. The molecule has 0 aliphatic carbocycles. The predicted molar refractivity (Wildman–Crippen MR) is 115 cm³/mol. The summed E-state index contributed by atoms with van der Waals surface area (Å²) in [6.07, 6.45) is 8.83. The van der Waals surface area contributed by atoms with Crippen molar-refractivity contribution in [2.45, 2.75) is 65.0 Å². The van der Waals surface area contributed by atoms with E-state index in [1.807, 2.05) is 13.2 Å². The molecule has 0 saturated carbocycles. The van der Waals surface area contributed by atoms with Gasteiger partial charge in [0.2, 0.25) is 0 Å². The number of nitrogens with zero attached hydrogens (tertiary/aromatic N) is 4. The summed E-state index contributed by atoms with van der Waals surface area (Å²) in [7, 11) is 1.85. The molecule has 0 bridgehead atoms. The average Bonchev–Trinajstić information content (AvgIpc) is 2.92.